The summed E-state index contributed by atoms with van der Waals surface area (Å²) in [7, 11) is -6.93. The number of halogens is 7. The number of hydrogen-bond acceptors (Lipinski definition) is 14. The molecule has 0 radical (unpaired) electrons. The molecule has 0 spiro atoms. The molecule has 27 heteroatoms. The average Bonchev–Trinajstić information content (AvgIpc) is 1.62. The first-order chi connectivity index (χ1) is 40.4. The molecule has 0 unspecified atom stereocenters. The number of amides is 4. The van der Waals surface area contributed by atoms with Gasteiger partial charge in [-0.05, 0) is 137 Å². The van der Waals surface area contributed by atoms with Crippen LogP contribution in [0.5, 0.6) is 0 Å². The smallest absolute Gasteiger partial charge is 0.377 e. The number of sulfone groups is 2. The highest BCUT2D eigenvalue weighted by molar-refractivity contribution is 7.93. The Morgan fingerprint density at radius 3 is 1.21 bits per heavy atom. The molecule has 0 bridgehead atoms. The van der Waals surface area contributed by atoms with E-state index < -0.39 is 80.0 Å². The quantitative estimate of drug-likeness (QED) is 0.0788. The molecule has 4 amide bonds. The van der Waals surface area contributed by atoms with E-state index in [1.807, 2.05) is 23.6 Å². The third-order valence-electron chi connectivity index (χ3n) is 14.9. The molecular formula is C58H55F7N10O8S2. The summed E-state index contributed by atoms with van der Waals surface area (Å²) in [6, 6.07) is 23.8. The molecule has 11 rings (SSSR count). The molecule has 4 aliphatic rings. The molecule has 4 heterocycles. The third kappa shape index (κ3) is 12.7. The van der Waals surface area contributed by atoms with Crippen molar-refractivity contribution >= 4 is 60.4 Å². The van der Waals surface area contributed by atoms with E-state index in [1.54, 1.807) is 60.7 Å². The molecule has 2 aliphatic heterocycles. The van der Waals surface area contributed by atoms with Gasteiger partial charge in [0, 0.05) is 72.6 Å². The number of morpholine rings is 2. The van der Waals surface area contributed by atoms with Gasteiger partial charge in [-0.1, -0.05) is 0 Å². The Balaban J connectivity index is 0.000000193. The molecule has 7 aromatic rings. The zero-order valence-corrected chi connectivity index (χ0v) is 47.3. The second-order valence-electron chi connectivity index (χ2n) is 20.8. The van der Waals surface area contributed by atoms with Gasteiger partial charge < -0.3 is 40.5 Å². The first kappa shape index (κ1) is 59.9. The second kappa shape index (κ2) is 23.6. The van der Waals surface area contributed by atoms with Gasteiger partial charge in [-0.25, -0.2) is 63.9 Å². The number of carbonyl (C=O) groups excluding carboxylic acids is 2. The predicted octanol–water partition coefficient (Wildman–Crippen LogP) is 10.6. The fraction of sp³-hybridized carbons (Fsp3) is 0.310. The Hall–Kier alpha value is -8.27. The number of nitrogens with one attached hydrogen (secondary N) is 4. The lowest BCUT2D eigenvalue weighted by molar-refractivity contribution is -0.137. The SMILES string of the molecule is CNC(=O)Nc1ccc(-c2nc(N3CCOC[C@@H]3C)cc(C3(S(=O)(=O)c4cc(F)cc(F)c4)CC3)n2)cc1.C[C@H]1COCCN1c1cc(C2(S(=O)(=O)c3cc(F)cc(F)c3)CC2)nc(-c2ccc(NC(=O)Nc3ccc(C(F)(F)F)cc3)cc2)n1. The van der Waals surface area contributed by atoms with Gasteiger partial charge >= 0.3 is 18.2 Å². The Labute approximate surface area is 484 Å². The lowest BCUT2D eigenvalue weighted by Crippen LogP contribution is -2.44. The third-order valence-corrected chi connectivity index (χ3v) is 19.9. The number of aromatic nitrogens is 4. The van der Waals surface area contributed by atoms with Crippen LogP contribution in [0.3, 0.4) is 0 Å². The Bertz CT molecular complexity index is 3860. The van der Waals surface area contributed by atoms with Crippen LogP contribution in [0.2, 0.25) is 0 Å². The largest absolute Gasteiger partial charge is 0.416 e. The maximum atomic E-state index is 14.1. The van der Waals surface area contributed by atoms with E-state index in [9.17, 15) is 57.2 Å². The van der Waals surface area contributed by atoms with Crippen molar-refractivity contribution in [2.75, 3.05) is 72.3 Å². The van der Waals surface area contributed by atoms with Crippen molar-refractivity contribution in [3.63, 3.8) is 0 Å². The van der Waals surface area contributed by atoms with Crippen LogP contribution in [0.1, 0.15) is 56.5 Å². The van der Waals surface area contributed by atoms with Crippen molar-refractivity contribution < 1.29 is 66.6 Å². The van der Waals surface area contributed by atoms with E-state index in [1.165, 1.54) is 7.05 Å². The highest BCUT2D eigenvalue weighted by Crippen LogP contribution is 2.56. The van der Waals surface area contributed by atoms with Crippen molar-refractivity contribution in [2.45, 2.75) is 77.1 Å². The van der Waals surface area contributed by atoms with Crippen molar-refractivity contribution in [3.8, 4) is 22.8 Å². The Kier molecular flexibility index (Phi) is 16.7. The molecule has 2 saturated carbocycles. The van der Waals surface area contributed by atoms with Crippen LogP contribution in [0.15, 0.2) is 131 Å². The Morgan fingerprint density at radius 2 is 0.882 bits per heavy atom. The summed E-state index contributed by atoms with van der Waals surface area (Å²) in [5, 5.41) is 10.2. The van der Waals surface area contributed by atoms with Gasteiger partial charge in [-0.2, -0.15) is 13.2 Å². The number of ether oxygens (including phenoxy) is 2. The summed E-state index contributed by atoms with van der Waals surface area (Å²) in [4.78, 5) is 46.1. The summed E-state index contributed by atoms with van der Waals surface area (Å²) in [6.45, 7) is 6.81. The molecular weight excluding hydrogens is 1160 g/mol. The maximum absolute atomic E-state index is 14.1. The van der Waals surface area contributed by atoms with E-state index >= 15 is 0 Å². The molecule has 2 saturated heterocycles. The fourth-order valence-corrected chi connectivity index (χ4v) is 14.0. The number of benzene rings is 5. The molecule has 5 aromatic carbocycles. The van der Waals surface area contributed by atoms with Gasteiger partial charge in [0.15, 0.2) is 31.3 Å². The van der Waals surface area contributed by atoms with E-state index in [2.05, 4.69) is 31.2 Å². The number of alkyl halides is 3. The lowest BCUT2D eigenvalue weighted by atomic mass is 10.1. The van der Waals surface area contributed by atoms with E-state index in [4.69, 9.17) is 19.4 Å². The molecule has 446 valence electrons. The molecule has 2 aromatic heterocycles. The predicted molar refractivity (Wildman–Crippen MR) is 301 cm³/mol. The van der Waals surface area contributed by atoms with Crippen molar-refractivity contribution in [1.29, 1.82) is 0 Å². The zero-order chi connectivity index (χ0) is 60.6. The molecule has 2 aliphatic carbocycles. The molecule has 4 fully saturated rings. The van der Waals surface area contributed by atoms with Gasteiger partial charge in [0.25, 0.3) is 0 Å². The minimum atomic E-state index is -4.50. The number of hydrogen-bond donors (Lipinski definition) is 4. The summed E-state index contributed by atoms with van der Waals surface area (Å²) in [6.07, 6.45) is -3.59. The van der Waals surface area contributed by atoms with Crippen LogP contribution < -0.4 is 31.1 Å². The van der Waals surface area contributed by atoms with Gasteiger partial charge in [0.1, 0.15) is 44.4 Å². The first-order valence-electron chi connectivity index (χ1n) is 26.7. The van der Waals surface area contributed by atoms with Gasteiger partial charge in [-0.15, -0.1) is 0 Å². The second-order valence-corrected chi connectivity index (χ2v) is 25.3. The van der Waals surface area contributed by atoms with Crippen molar-refractivity contribution in [3.05, 3.63) is 162 Å². The average molecular weight is 1220 g/mol. The number of nitrogens with zero attached hydrogens (tertiary/aromatic N) is 6. The van der Waals surface area contributed by atoms with Crippen LogP contribution in [-0.4, -0.2) is 107 Å². The molecule has 18 nitrogen and oxygen atoms in total. The van der Waals surface area contributed by atoms with Gasteiger partial charge in [0.05, 0.1) is 65.3 Å². The van der Waals surface area contributed by atoms with E-state index in [-0.39, 0.29) is 66.7 Å². The zero-order valence-electron chi connectivity index (χ0n) is 45.7. The molecule has 85 heavy (non-hydrogen) atoms. The van der Waals surface area contributed by atoms with Crippen LogP contribution >= 0.6 is 0 Å². The Morgan fingerprint density at radius 1 is 0.529 bits per heavy atom. The highest BCUT2D eigenvalue weighted by Gasteiger charge is 2.59. The van der Waals surface area contributed by atoms with Crippen LogP contribution in [0.4, 0.5) is 69.0 Å². The summed E-state index contributed by atoms with van der Waals surface area (Å²) >= 11 is 0. The molecule has 2 atom stereocenters. The monoisotopic (exact) mass is 1220 g/mol. The summed E-state index contributed by atoms with van der Waals surface area (Å²) in [5.41, 5.74) is 1.80. The highest BCUT2D eigenvalue weighted by atomic mass is 32.2. The number of rotatable bonds is 13. The fourth-order valence-electron chi connectivity index (χ4n) is 10.0. The van der Waals surface area contributed by atoms with Gasteiger partial charge in [-0.3, -0.25) is 0 Å². The number of carbonyl (C=O) groups is 2. The number of anilines is 5. The van der Waals surface area contributed by atoms with Crippen molar-refractivity contribution in [2.24, 2.45) is 0 Å². The van der Waals surface area contributed by atoms with Crippen molar-refractivity contribution in [1.82, 2.24) is 25.3 Å². The van der Waals surface area contributed by atoms with E-state index in [0.29, 0.717) is 91.6 Å². The number of urea groups is 2. The summed E-state index contributed by atoms with van der Waals surface area (Å²) < 4.78 is 158. The maximum Gasteiger partial charge on any atom is 0.416 e. The molecule has 4 N–H and O–H groups in total. The van der Waals surface area contributed by atoms with Crippen LogP contribution in [0, 0.1) is 23.3 Å². The van der Waals surface area contributed by atoms with Crippen LogP contribution in [0.25, 0.3) is 22.8 Å². The first-order valence-corrected chi connectivity index (χ1v) is 29.7. The van der Waals surface area contributed by atoms with Gasteiger partial charge in [0.2, 0.25) is 0 Å². The minimum Gasteiger partial charge on any atom is -0.377 e. The van der Waals surface area contributed by atoms with E-state index in [0.717, 1.165) is 48.5 Å². The topological polar surface area (TPSA) is 227 Å². The van der Waals surface area contributed by atoms with Crippen LogP contribution in [-0.2, 0) is 44.8 Å². The summed E-state index contributed by atoms with van der Waals surface area (Å²) in [5.74, 6) is -2.43. The lowest BCUT2D eigenvalue weighted by Gasteiger charge is -2.34. The normalized spacial score (nSPS) is 18.1. The minimum absolute atomic E-state index is 0.0115. The standard InChI is InChI=1S/C32H28F5N5O4S.C26H27F2N5O4S/c1-19-18-46-13-12-42(19)28-17-27(31(10-11-31)47(44,45)26-15-22(33)14-23(34)16-26)40-29(41-28)20-2-6-24(7-3-20)38-30(43)39-25-8-4-21(5-9-25)32(35,36)37;1-16-15-37-10-9-33(16)23-14-22(26(7-8-26)38(35,36)21-12-18(27)11-19(28)13-21)31-24(32-23)17-3-5-20(6-4-17)30-25(34)29-2/h2-9,14-17,19H,10-13,18H2,1H3,(H2,38,39,43);3-6,11-14,16H,7-10,15H2,1-2H3,(H2,29,30,34)/t19-;16-/m00/s1.